The maximum Gasteiger partial charge on any atom is 0.318 e. The molecule has 0 saturated carbocycles. The predicted molar refractivity (Wildman–Crippen MR) is 106 cm³/mol. The molecule has 3 heterocycles. The second kappa shape index (κ2) is 9.02. The van der Waals surface area contributed by atoms with Crippen molar-refractivity contribution in [2.75, 3.05) is 20.6 Å². The van der Waals surface area contributed by atoms with Gasteiger partial charge in [0.15, 0.2) is 0 Å². The first kappa shape index (κ1) is 18.7. The Morgan fingerprint density at radius 1 is 1.12 bits per heavy atom. The van der Waals surface area contributed by atoms with Crippen LogP contribution in [0.1, 0.15) is 21.6 Å². The van der Waals surface area contributed by atoms with Crippen molar-refractivity contribution < 1.29 is 9.21 Å². The SMILES string of the molecule is CN(C)C(CNC(=O)N(Cc1ccco1)Cc1cccs1)c1cccs1. The van der Waals surface area contributed by atoms with E-state index in [0.717, 1.165) is 10.6 Å². The summed E-state index contributed by atoms with van der Waals surface area (Å²) in [4.78, 5) is 19.2. The summed E-state index contributed by atoms with van der Waals surface area (Å²) in [6.07, 6.45) is 1.63. The normalized spacial score (nSPS) is 12.3. The monoisotopic (exact) mass is 389 g/mol. The van der Waals surface area contributed by atoms with Crippen molar-refractivity contribution in [1.29, 1.82) is 0 Å². The lowest BCUT2D eigenvalue weighted by Crippen LogP contribution is -2.42. The predicted octanol–water partition coefficient (Wildman–Crippen LogP) is 4.42. The second-order valence-electron chi connectivity index (χ2n) is 6.20. The van der Waals surface area contributed by atoms with Crippen molar-refractivity contribution >= 4 is 28.7 Å². The Balaban J connectivity index is 1.66. The lowest BCUT2D eigenvalue weighted by atomic mass is 10.2. The van der Waals surface area contributed by atoms with Crippen molar-refractivity contribution in [1.82, 2.24) is 15.1 Å². The highest BCUT2D eigenvalue weighted by Crippen LogP contribution is 2.22. The number of carbonyl (C=O) groups is 1. The van der Waals surface area contributed by atoms with Gasteiger partial charge in [-0.3, -0.25) is 0 Å². The van der Waals surface area contributed by atoms with E-state index in [1.54, 1.807) is 33.8 Å². The largest absolute Gasteiger partial charge is 0.467 e. The highest BCUT2D eigenvalue weighted by Gasteiger charge is 2.20. The van der Waals surface area contributed by atoms with E-state index >= 15 is 0 Å². The average molecular weight is 390 g/mol. The van der Waals surface area contributed by atoms with Crippen LogP contribution in [0.15, 0.2) is 57.8 Å². The summed E-state index contributed by atoms with van der Waals surface area (Å²) in [5, 5.41) is 7.18. The molecule has 0 fully saturated rings. The van der Waals surface area contributed by atoms with Gasteiger partial charge in [0.1, 0.15) is 5.76 Å². The summed E-state index contributed by atoms with van der Waals surface area (Å²) in [5.41, 5.74) is 0. The van der Waals surface area contributed by atoms with Gasteiger partial charge in [-0.2, -0.15) is 0 Å². The number of furan rings is 1. The molecule has 5 nitrogen and oxygen atoms in total. The van der Waals surface area contributed by atoms with Gasteiger partial charge >= 0.3 is 6.03 Å². The standard InChI is InChI=1S/C19H23N3O2S2/c1-21(2)17(18-8-5-11-26-18)12-20-19(23)22(13-15-6-3-9-24-15)14-16-7-4-10-25-16/h3-11,17H,12-14H2,1-2H3,(H,20,23). The highest BCUT2D eigenvalue weighted by molar-refractivity contribution is 7.10. The van der Waals surface area contributed by atoms with Crippen LogP contribution in [-0.4, -0.2) is 36.5 Å². The zero-order chi connectivity index (χ0) is 18.4. The van der Waals surface area contributed by atoms with Crippen LogP contribution in [0, 0.1) is 0 Å². The number of hydrogen-bond donors (Lipinski definition) is 1. The van der Waals surface area contributed by atoms with Crippen LogP contribution in [-0.2, 0) is 13.1 Å². The van der Waals surface area contributed by atoms with E-state index in [-0.39, 0.29) is 12.1 Å². The van der Waals surface area contributed by atoms with Crippen LogP contribution in [0.25, 0.3) is 0 Å². The van der Waals surface area contributed by atoms with E-state index in [2.05, 4.69) is 21.7 Å². The van der Waals surface area contributed by atoms with E-state index in [0.29, 0.717) is 19.6 Å². The number of carbonyl (C=O) groups excluding carboxylic acids is 1. The summed E-state index contributed by atoms with van der Waals surface area (Å²) in [7, 11) is 4.06. The molecule has 3 rings (SSSR count). The summed E-state index contributed by atoms with van der Waals surface area (Å²) in [5.74, 6) is 0.777. The fourth-order valence-corrected chi connectivity index (χ4v) is 4.34. The quantitative estimate of drug-likeness (QED) is 0.620. The molecule has 0 radical (unpaired) electrons. The minimum absolute atomic E-state index is 0.0850. The molecular formula is C19H23N3O2S2. The Labute approximate surface area is 161 Å². The Morgan fingerprint density at radius 3 is 2.54 bits per heavy atom. The molecule has 0 bridgehead atoms. The van der Waals surface area contributed by atoms with E-state index in [1.807, 2.05) is 49.8 Å². The van der Waals surface area contributed by atoms with Gasteiger partial charge < -0.3 is 19.5 Å². The van der Waals surface area contributed by atoms with Gasteiger partial charge in [-0.1, -0.05) is 12.1 Å². The lowest BCUT2D eigenvalue weighted by molar-refractivity contribution is 0.183. The van der Waals surface area contributed by atoms with Gasteiger partial charge in [0.05, 0.1) is 25.4 Å². The summed E-state index contributed by atoms with van der Waals surface area (Å²) in [6, 6.07) is 12.0. The molecule has 0 aromatic carbocycles. The molecule has 1 unspecified atom stereocenters. The first-order chi connectivity index (χ1) is 12.6. The summed E-state index contributed by atoms with van der Waals surface area (Å²) >= 11 is 3.36. The Kier molecular flexibility index (Phi) is 6.49. The number of urea groups is 1. The van der Waals surface area contributed by atoms with Crippen molar-refractivity contribution in [3.8, 4) is 0 Å². The van der Waals surface area contributed by atoms with Crippen LogP contribution < -0.4 is 5.32 Å². The zero-order valence-electron chi connectivity index (χ0n) is 14.9. The van der Waals surface area contributed by atoms with Gasteiger partial charge in [-0.05, 0) is 49.1 Å². The molecule has 0 aliphatic carbocycles. The van der Waals surface area contributed by atoms with Crippen LogP contribution in [0.3, 0.4) is 0 Å². The van der Waals surface area contributed by atoms with Gasteiger partial charge in [-0.15, -0.1) is 22.7 Å². The molecule has 0 aliphatic rings. The number of thiophene rings is 2. The number of likely N-dealkylation sites (N-methyl/N-ethyl adjacent to an activating group) is 1. The van der Waals surface area contributed by atoms with Gasteiger partial charge in [-0.25, -0.2) is 4.79 Å². The topological polar surface area (TPSA) is 48.7 Å². The molecule has 3 aromatic rings. The second-order valence-corrected chi connectivity index (χ2v) is 8.21. The van der Waals surface area contributed by atoms with Crippen LogP contribution >= 0.6 is 22.7 Å². The first-order valence-electron chi connectivity index (χ1n) is 8.41. The Morgan fingerprint density at radius 2 is 1.92 bits per heavy atom. The van der Waals surface area contributed by atoms with Crippen molar-refractivity contribution in [2.24, 2.45) is 0 Å². The highest BCUT2D eigenvalue weighted by atomic mass is 32.1. The lowest BCUT2D eigenvalue weighted by Gasteiger charge is -2.26. The van der Waals surface area contributed by atoms with E-state index in [9.17, 15) is 4.79 Å². The maximum absolute atomic E-state index is 12.9. The zero-order valence-corrected chi connectivity index (χ0v) is 16.6. The molecule has 2 amide bonds. The number of nitrogens with zero attached hydrogens (tertiary/aromatic N) is 2. The summed E-state index contributed by atoms with van der Waals surface area (Å²) in [6.45, 7) is 1.57. The molecule has 26 heavy (non-hydrogen) atoms. The van der Waals surface area contributed by atoms with Crippen molar-refractivity contribution in [3.05, 3.63) is 68.9 Å². The maximum atomic E-state index is 12.9. The fraction of sp³-hybridized carbons (Fsp3) is 0.316. The Hall–Kier alpha value is -2.09. The van der Waals surface area contributed by atoms with Crippen LogP contribution in [0.2, 0.25) is 0 Å². The number of rotatable bonds is 8. The molecule has 138 valence electrons. The smallest absolute Gasteiger partial charge is 0.318 e. The number of hydrogen-bond acceptors (Lipinski definition) is 5. The van der Waals surface area contributed by atoms with Crippen LogP contribution in [0.5, 0.6) is 0 Å². The average Bonchev–Trinajstić information content (AvgIpc) is 3.38. The van der Waals surface area contributed by atoms with E-state index in [4.69, 9.17) is 4.42 Å². The third-order valence-electron chi connectivity index (χ3n) is 4.08. The van der Waals surface area contributed by atoms with Crippen molar-refractivity contribution in [3.63, 3.8) is 0 Å². The molecule has 0 spiro atoms. The molecule has 1 N–H and O–H groups in total. The third-order valence-corrected chi connectivity index (χ3v) is 5.92. The molecule has 1 atom stereocenters. The molecule has 0 aliphatic heterocycles. The van der Waals surface area contributed by atoms with Gasteiger partial charge in [0.25, 0.3) is 0 Å². The fourth-order valence-electron chi connectivity index (χ4n) is 2.70. The van der Waals surface area contributed by atoms with Gasteiger partial charge in [0.2, 0.25) is 0 Å². The molecule has 3 aromatic heterocycles. The molecule has 7 heteroatoms. The Bertz CT molecular complexity index is 732. The van der Waals surface area contributed by atoms with Crippen LogP contribution in [0.4, 0.5) is 4.79 Å². The van der Waals surface area contributed by atoms with Crippen molar-refractivity contribution in [2.45, 2.75) is 19.1 Å². The van der Waals surface area contributed by atoms with Gasteiger partial charge in [0, 0.05) is 16.3 Å². The number of nitrogens with one attached hydrogen (secondary N) is 1. The number of amides is 2. The summed E-state index contributed by atoms with van der Waals surface area (Å²) < 4.78 is 5.43. The minimum atomic E-state index is -0.0850. The molecular weight excluding hydrogens is 366 g/mol. The minimum Gasteiger partial charge on any atom is -0.467 e. The third kappa shape index (κ3) is 4.97. The molecule has 0 saturated heterocycles. The van der Waals surface area contributed by atoms with E-state index < -0.39 is 0 Å². The van der Waals surface area contributed by atoms with E-state index in [1.165, 1.54) is 4.88 Å². The first-order valence-corrected chi connectivity index (χ1v) is 10.2.